The predicted molar refractivity (Wildman–Crippen MR) is 119 cm³/mol. The highest BCUT2D eigenvalue weighted by atomic mass is 35.5. The van der Waals surface area contributed by atoms with Crippen molar-refractivity contribution in [3.05, 3.63) is 76.7 Å². The number of carbonyl (C=O) groups is 1. The maximum Gasteiger partial charge on any atom is 0.158 e. The largest absolute Gasteiger partial charge is 0.385 e. The van der Waals surface area contributed by atoms with E-state index in [0.29, 0.717) is 53.6 Å². The number of rotatable bonds is 4. The molecule has 0 aliphatic heterocycles. The fraction of sp³-hybridized carbons (Fsp3) is 0.346. The smallest absolute Gasteiger partial charge is 0.158 e. The molecule has 0 radical (unpaired) electrons. The summed E-state index contributed by atoms with van der Waals surface area (Å²) in [5, 5.41) is 22.7. The molecule has 6 heteroatoms. The number of nitriles is 1. The molecular formula is C26H22ClFN2O2. The highest BCUT2D eigenvalue weighted by molar-refractivity contribution is 6.30. The van der Waals surface area contributed by atoms with Crippen LogP contribution >= 0.6 is 11.6 Å². The molecule has 1 atom stereocenters. The van der Waals surface area contributed by atoms with Gasteiger partial charge < -0.3 is 5.11 Å². The Kier molecular flexibility index (Phi) is 4.85. The summed E-state index contributed by atoms with van der Waals surface area (Å²) in [5.74, 6) is -0.440. The zero-order valence-electron chi connectivity index (χ0n) is 17.4. The lowest BCUT2D eigenvalue weighted by Crippen LogP contribution is -2.36. The number of aromatic nitrogens is 1. The van der Waals surface area contributed by atoms with Crippen molar-refractivity contribution in [1.82, 2.24) is 4.98 Å². The number of halogens is 2. The lowest BCUT2D eigenvalue weighted by Gasteiger charge is -2.38. The average Bonchev–Trinajstić information content (AvgIpc) is 3.45. The Labute approximate surface area is 190 Å². The second-order valence-electron chi connectivity index (χ2n) is 9.25. The van der Waals surface area contributed by atoms with Gasteiger partial charge >= 0.3 is 0 Å². The van der Waals surface area contributed by atoms with Crippen molar-refractivity contribution in [2.45, 2.75) is 44.1 Å². The molecule has 2 fully saturated rings. The molecule has 1 N–H and O–H groups in total. The van der Waals surface area contributed by atoms with Gasteiger partial charge in [-0.25, -0.2) is 4.39 Å². The highest BCUT2D eigenvalue weighted by Crippen LogP contribution is 2.72. The Bertz CT molecular complexity index is 1260. The van der Waals surface area contributed by atoms with Gasteiger partial charge in [0.25, 0.3) is 0 Å². The van der Waals surface area contributed by atoms with Crippen LogP contribution in [0.3, 0.4) is 0 Å². The predicted octanol–water partition coefficient (Wildman–Crippen LogP) is 5.50. The van der Waals surface area contributed by atoms with E-state index in [0.717, 1.165) is 5.56 Å². The van der Waals surface area contributed by atoms with E-state index < -0.39 is 16.4 Å². The van der Waals surface area contributed by atoms with Crippen LogP contribution in [0.2, 0.25) is 5.02 Å². The topological polar surface area (TPSA) is 74.0 Å². The molecule has 3 aromatic rings. The van der Waals surface area contributed by atoms with E-state index in [9.17, 15) is 19.6 Å². The fourth-order valence-electron chi connectivity index (χ4n) is 5.56. The van der Waals surface area contributed by atoms with E-state index in [1.54, 1.807) is 30.5 Å². The van der Waals surface area contributed by atoms with Crippen molar-refractivity contribution < 1.29 is 14.3 Å². The number of hydrogen-bond acceptors (Lipinski definition) is 4. The second kappa shape index (κ2) is 7.37. The van der Waals surface area contributed by atoms with Crippen LogP contribution in [0, 0.1) is 28.0 Å². The van der Waals surface area contributed by atoms with Gasteiger partial charge in [0.05, 0.1) is 17.2 Å². The summed E-state index contributed by atoms with van der Waals surface area (Å²) in [6, 6.07) is 15.6. The fourth-order valence-corrected chi connectivity index (χ4v) is 5.68. The second-order valence-corrected chi connectivity index (χ2v) is 9.69. The molecule has 0 bridgehead atoms. The number of nitrogens with zero attached hydrogens (tertiary/aromatic N) is 2. The maximum atomic E-state index is 13.9. The summed E-state index contributed by atoms with van der Waals surface area (Å²) in [7, 11) is 0. The van der Waals surface area contributed by atoms with Crippen molar-refractivity contribution in [3.63, 3.8) is 0 Å². The van der Waals surface area contributed by atoms with Crippen molar-refractivity contribution in [2.75, 3.05) is 0 Å². The molecule has 1 aromatic heterocycles. The Morgan fingerprint density at radius 3 is 2.53 bits per heavy atom. The van der Waals surface area contributed by atoms with Crippen molar-refractivity contribution in [1.29, 1.82) is 5.26 Å². The normalized spacial score (nSPS) is 29.1. The molecule has 2 aliphatic carbocycles. The maximum absolute atomic E-state index is 13.9. The van der Waals surface area contributed by atoms with E-state index in [1.807, 2.05) is 12.1 Å². The Morgan fingerprint density at radius 1 is 1.12 bits per heavy atom. The average molecular weight is 449 g/mol. The third-order valence-electron chi connectivity index (χ3n) is 7.57. The Balaban J connectivity index is 1.37. The minimum Gasteiger partial charge on any atom is -0.385 e. The minimum atomic E-state index is -1.14. The van der Waals surface area contributed by atoms with Gasteiger partial charge in [-0.15, -0.1) is 0 Å². The van der Waals surface area contributed by atoms with Crippen LogP contribution in [0.5, 0.6) is 0 Å². The molecule has 162 valence electrons. The SMILES string of the molecule is N#CC1(C(=O)Cc2ccc(Cl)cc2)CC12CCC(O)(c1ccnc3ccc(F)cc13)CC2. The summed E-state index contributed by atoms with van der Waals surface area (Å²) in [4.78, 5) is 17.4. The van der Waals surface area contributed by atoms with Crippen LogP contribution in [0.25, 0.3) is 10.9 Å². The van der Waals surface area contributed by atoms with E-state index in [-0.39, 0.29) is 18.0 Å². The van der Waals surface area contributed by atoms with E-state index in [1.165, 1.54) is 12.1 Å². The molecule has 1 spiro atoms. The van der Waals surface area contributed by atoms with Crippen molar-refractivity contribution in [2.24, 2.45) is 10.8 Å². The first-order valence-corrected chi connectivity index (χ1v) is 11.1. The Hall–Kier alpha value is -2.81. The van der Waals surface area contributed by atoms with Crippen molar-refractivity contribution in [3.8, 4) is 6.07 Å². The summed E-state index contributed by atoms with van der Waals surface area (Å²) < 4.78 is 13.9. The molecule has 1 unspecified atom stereocenters. The summed E-state index contributed by atoms with van der Waals surface area (Å²) in [6.45, 7) is 0. The molecular weight excluding hydrogens is 427 g/mol. The third-order valence-corrected chi connectivity index (χ3v) is 7.82. The van der Waals surface area contributed by atoms with Gasteiger partial charge in [-0.1, -0.05) is 23.7 Å². The third kappa shape index (κ3) is 3.21. The first kappa shape index (κ1) is 21.1. The molecule has 32 heavy (non-hydrogen) atoms. The van der Waals surface area contributed by atoms with Crippen LogP contribution in [0.15, 0.2) is 54.7 Å². The molecule has 0 saturated heterocycles. The van der Waals surface area contributed by atoms with Gasteiger partial charge in [-0.2, -0.15) is 5.26 Å². The first-order chi connectivity index (χ1) is 15.3. The van der Waals surface area contributed by atoms with Gasteiger partial charge in [0.15, 0.2) is 5.78 Å². The molecule has 2 aromatic carbocycles. The molecule has 2 saturated carbocycles. The van der Waals surface area contributed by atoms with Gasteiger partial charge in [0.1, 0.15) is 11.2 Å². The summed E-state index contributed by atoms with van der Waals surface area (Å²) >= 11 is 5.93. The molecule has 2 aliphatic rings. The number of Topliss-reactive ketones (excluding diaryl/α,β-unsaturated/α-hetero) is 1. The molecule has 0 amide bonds. The highest BCUT2D eigenvalue weighted by Gasteiger charge is 2.72. The first-order valence-electron chi connectivity index (χ1n) is 10.8. The number of hydrogen-bond donors (Lipinski definition) is 1. The lowest BCUT2D eigenvalue weighted by molar-refractivity contribution is -0.123. The quantitative estimate of drug-likeness (QED) is 0.571. The van der Waals surface area contributed by atoms with Crippen LogP contribution in [0.1, 0.15) is 43.2 Å². The monoisotopic (exact) mass is 448 g/mol. The summed E-state index contributed by atoms with van der Waals surface area (Å²) in [6.07, 6.45) is 4.34. The standard InChI is InChI=1S/C26H22ClFN2O2/c27-18-3-1-17(2-4-18)13-23(31)25(16-29)15-24(25)8-10-26(32,11-9-24)21-7-12-30-22-6-5-19(28)14-20(21)22/h1-7,12,14,32H,8-11,13,15H2. The van der Waals surface area contributed by atoms with E-state index >= 15 is 0 Å². The van der Waals surface area contributed by atoms with Crippen LogP contribution in [-0.4, -0.2) is 15.9 Å². The van der Waals surface area contributed by atoms with Gasteiger partial charge in [-0.3, -0.25) is 9.78 Å². The Morgan fingerprint density at radius 2 is 1.84 bits per heavy atom. The zero-order valence-corrected chi connectivity index (χ0v) is 18.2. The van der Waals surface area contributed by atoms with Crippen LogP contribution < -0.4 is 0 Å². The number of pyridine rings is 1. The van der Waals surface area contributed by atoms with Crippen molar-refractivity contribution >= 4 is 28.3 Å². The van der Waals surface area contributed by atoms with E-state index in [4.69, 9.17) is 11.6 Å². The molecule has 4 nitrogen and oxygen atoms in total. The molecule has 1 heterocycles. The number of benzene rings is 2. The number of fused-ring (bicyclic) bond motifs is 1. The van der Waals surface area contributed by atoms with Crippen LogP contribution in [0.4, 0.5) is 4.39 Å². The minimum absolute atomic E-state index is 0.0656. The van der Waals surface area contributed by atoms with Crippen LogP contribution in [-0.2, 0) is 16.8 Å². The number of ketones is 1. The van der Waals surface area contributed by atoms with Gasteiger partial charge in [0, 0.05) is 23.0 Å². The van der Waals surface area contributed by atoms with Gasteiger partial charge in [0.2, 0.25) is 0 Å². The molecule has 5 rings (SSSR count). The summed E-state index contributed by atoms with van der Waals surface area (Å²) in [5.41, 5.74) is -0.398. The number of aliphatic hydroxyl groups is 1. The number of carbonyl (C=O) groups excluding carboxylic acids is 1. The van der Waals surface area contributed by atoms with E-state index in [2.05, 4.69) is 11.1 Å². The zero-order chi connectivity index (χ0) is 22.6. The lowest BCUT2D eigenvalue weighted by atomic mass is 9.69. The van der Waals surface area contributed by atoms with Gasteiger partial charge in [-0.05, 0) is 85.0 Å².